The van der Waals surface area contributed by atoms with Gasteiger partial charge < -0.3 is 37.3 Å². The highest BCUT2D eigenvalue weighted by Gasteiger charge is 2.51. The summed E-state index contributed by atoms with van der Waals surface area (Å²) in [7, 11) is -6.22. The van der Waals surface area contributed by atoms with Crippen LogP contribution in [0.2, 0.25) is 54.4 Å². The smallest absolute Gasteiger partial charge is 0.481 e. The van der Waals surface area contributed by atoms with Crippen LogP contribution < -0.4 is 4.74 Å². The molecule has 0 spiro atoms. The molecule has 1 aromatic carbocycles. The topological polar surface area (TPSA) is 182 Å². The number of nitro benzene ring substituents is 1. The van der Waals surface area contributed by atoms with Crippen molar-refractivity contribution in [2.24, 2.45) is 17.3 Å². The van der Waals surface area contributed by atoms with E-state index in [4.69, 9.17) is 32.2 Å². The highest BCUT2D eigenvalue weighted by molar-refractivity contribution is 6.74. The molecule has 0 amide bonds. The van der Waals surface area contributed by atoms with Gasteiger partial charge in [0.25, 0.3) is 5.69 Å². The summed E-state index contributed by atoms with van der Waals surface area (Å²) >= 11 is 0. The molecule has 1 saturated heterocycles. The van der Waals surface area contributed by atoms with E-state index >= 15 is 0 Å². The van der Waals surface area contributed by atoms with E-state index in [0.29, 0.717) is 12.8 Å². The molecule has 2 aliphatic heterocycles. The molecule has 17 heteroatoms. The zero-order valence-corrected chi connectivity index (χ0v) is 49.7. The molecule has 0 radical (unpaired) electrons. The minimum absolute atomic E-state index is 0.0199. The van der Waals surface area contributed by atoms with Crippen LogP contribution in [0.25, 0.3) is 0 Å². The highest BCUT2D eigenvalue weighted by atomic mass is 28.4. The second-order valence-corrected chi connectivity index (χ2v) is 35.3. The molecule has 408 valence electrons. The molecule has 1 fully saturated rings. The van der Waals surface area contributed by atoms with E-state index in [1.165, 1.54) is 24.3 Å². The van der Waals surface area contributed by atoms with Crippen molar-refractivity contribution in [3.8, 4) is 5.75 Å². The number of rotatable bonds is 28. The number of hydrogen-bond acceptors (Lipinski definition) is 12. The summed E-state index contributed by atoms with van der Waals surface area (Å²) in [6, 6.07) is 13.8. The van der Waals surface area contributed by atoms with Crippen LogP contribution in [-0.2, 0) is 37.1 Å². The number of nitro groups is 1. The molecule has 0 saturated carbocycles. The summed E-state index contributed by atoms with van der Waals surface area (Å²) < 4.78 is 45.8. The number of aliphatic carboxylic acids is 1. The maximum Gasteiger partial charge on any atom is 0.514 e. The van der Waals surface area contributed by atoms with Gasteiger partial charge in [0, 0.05) is 41.9 Å². The van der Waals surface area contributed by atoms with Crippen LogP contribution in [0.3, 0.4) is 0 Å². The zero-order chi connectivity index (χ0) is 54.1. The van der Waals surface area contributed by atoms with Crippen molar-refractivity contribution in [1.82, 2.24) is 0 Å². The number of benzene rings is 1. The molecule has 1 N–H and O–H groups in total. The SMILES string of the molecule is CCC(O[Si](CC)(CC)CC)C(C)[C@H]1O[C@@H]1CC(C)(/C=C/C=C(\C)[C@H]1OC(=O)C[C@H](O[Si](CC)(CC)CC)CC[C@](C)(CC(=O)O)[C@@H](OC(=O)Oc2ccc([N+](=O)[O-])cc2)/C=C/[C@@H]1C)O[Si](CC)(CC)CC. The first-order valence-corrected chi connectivity index (χ1v) is 34.8. The molecular weight excluding hydrogens is 967 g/mol. The van der Waals surface area contributed by atoms with E-state index in [9.17, 15) is 29.6 Å². The molecule has 10 atom stereocenters. The number of non-ortho nitro benzene ring substituents is 1. The number of ether oxygens (including phenoxy) is 4. The lowest BCUT2D eigenvalue weighted by atomic mass is 9.75. The lowest BCUT2D eigenvalue weighted by molar-refractivity contribution is -0.384. The minimum atomic E-state index is -2.28. The Morgan fingerprint density at radius 1 is 0.917 bits per heavy atom. The zero-order valence-electron chi connectivity index (χ0n) is 46.7. The van der Waals surface area contributed by atoms with Gasteiger partial charge in [-0.05, 0) is 111 Å². The van der Waals surface area contributed by atoms with Crippen molar-refractivity contribution in [3.63, 3.8) is 0 Å². The predicted molar refractivity (Wildman–Crippen MR) is 293 cm³/mol. The maximum absolute atomic E-state index is 14.2. The number of carbonyl (C=O) groups is 3. The van der Waals surface area contributed by atoms with Crippen molar-refractivity contribution in [2.45, 2.75) is 239 Å². The van der Waals surface area contributed by atoms with E-state index in [1.54, 1.807) is 19.1 Å². The third kappa shape index (κ3) is 17.6. The van der Waals surface area contributed by atoms with Crippen molar-refractivity contribution in [1.29, 1.82) is 0 Å². The molecule has 3 unspecified atom stereocenters. The molecule has 14 nitrogen and oxygen atoms in total. The number of carboxylic acids is 1. The molecule has 2 aliphatic rings. The second-order valence-electron chi connectivity index (χ2n) is 21.2. The molecule has 72 heavy (non-hydrogen) atoms. The number of cyclic esters (lactones) is 1. The monoisotopic (exact) mass is 1060 g/mol. The largest absolute Gasteiger partial charge is 0.514 e. The Balaban J connectivity index is 2.09. The van der Waals surface area contributed by atoms with E-state index in [0.717, 1.165) is 66.4 Å². The van der Waals surface area contributed by atoms with Gasteiger partial charge in [-0.1, -0.05) is 114 Å². The Kier molecular flexibility index (Phi) is 24.8. The molecule has 3 rings (SSSR count). The van der Waals surface area contributed by atoms with Crippen LogP contribution in [-0.4, -0.2) is 95.3 Å². The van der Waals surface area contributed by atoms with Crippen LogP contribution in [0.5, 0.6) is 5.75 Å². The number of nitrogens with zero attached hydrogens (tertiary/aromatic N) is 1. The van der Waals surface area contributed by atoms with Gasteiger partial charge in [-0.15, -0.1) is 0 Å². The molecular formula is C55H93NO13Si3. The number of carbonyl (C=O) groups excluding carboxylic acids is 2. The Morgan fingerprint density at radius 3 is 2.00 bits per heavy atom. The first-order valence-electron chi connectivity index (χ1n) is 27.3. The van der Waals surface area contributed by atoms with Gasteiger partial charge >= 0.3 is 18.1 Å². The van der Waals surface area contributed by atoms with Gasteiger partial charge in [-0.3, -0.25) is 19.7 Å². The number of hydrogen-bond donors (Lipinski definition) is 1. The number of esters is 1. The lowest BCUT2D eigenvalue weighted by Gasteiger charge is -2.39. The van der Waals surface area contributed by atoms with Gasteiger partial charge in [-0.2, -0.15) is 0 Å². The summed E-state index contributed by atoms with van der Waals surface area (Å²) in [5.74, 6) is -1.70. The molecule has 0 aliphatic carbocycles. The molecule has 2 heterocycles. The Bertz CT molecular complexity index is 1960. The second kappa shape index (κ2) is 28.4. The van der Waals surface area contributed by atoms with E-state index < -0.39 is 83.2 Å². The fraction of sp³-hybridized carbons (Fsp3) is 0.727. The van der Waals surface area contributed by atoms with E-state index in [2.05, 4.69) is 89.2 Å². The Hall–Kier alpha value is -3.46. The van der Waals surface area contributed by atoms with Gasteiger partial charge in [-0.25, -0.2) is 4.79 Å². The van der Waals surface area contributed by atoms with Crippen molar-refractivity contribution in [2.75, 3.05) is 0 Å². The summed E-state index contributed by atoms with van der Waals surface area (Å²) in [5, 5.41) is 21.6. The summed E-state index contributed by atoms with van der Waals surface area (Å²) in [5.41, 5.74) is -1.21. The summed E-state index contributed by atoms with van der Waals surface area (Å²) in [6.07, 6.45) is 8.08. The average Bonchev–Trinajstić information content (AvgIpc) is 4.12. The van der Waals surface area contributed by atoms with Gasteiger partial charge in [0.15, 0.2) is 25.0 Å². The molecule has 1 aromatic rings. The van der Waals surface area contributed by atoms with Crippen LogP contribution >= 0.6 is 0 Å². The number of allylic oxidation sites excluding steroid dienone is 2. The van der Waals surface area contributed by atoms with Crippen LogP contribution in [0.1, 0.15) is 142 Å². The van der Waals surface area contributed by atoms with Crippen molar-refractivity contribution in [3.05, 3.63) is 70.3 Å². The van der Waals surface area contributed by atoms with Crippen LogP contribution in [0, 0.1) is 27.4 Å². The van der Waals surface area contributed by atoms with Gasteiger partial charge in [0.1, 0.15) is 18.0 Å². The van der Waals surface area contributed by atoms with Gasteiger partial charge in [0.05, 0.1) is 41.7 Å². The van der Waals surface area contributed by atoms with Crippen molar-refractivity contribution < 1.29 is 56.6 Å². The standard InChI is InChI=1S/C55H93NO13Si3/c1-16-46(68-71(20-5,21-6)22-7)42(13)52-47(64-52)38-55(15,69-72(23-8,24-9)25-10)35-26-27-40(11)51-41(12)28-33-48(65-53(60)63-44-31-29-43(30-32-44)56(61)62)54(14,39-49(57)58)36-34-45(37-50(59)66-51)67-70(17-2,18-3)19-4/h26-33,35,41-42,45-48,51-52H,16-25,34,36-39H2,1-15H3,(H,57,58)/b33-28+,35-26+,40-27+/t41-,42?,45+,46?,47+,48-,51+,52+,54+,55?/m0/s1. The first kappa shape index (κ1) is 62.8. The Morgan fingerprint density at radius 2 is 1.49 bits per heavy atom. The highest BCUT2D eigenvalue weighted by Crippen LogP contribution is 2.43. The minimum Gasteiger partial charge on any atom is -0.481 e. The van der Waals surface area contributed by atoms with E-state index in [-0.39, 0.29) is 54.9 Å². The lowest BCUT2D eigenvalue weighted by Crippen LogP contribution is -2.46. The van der Waals surface area contributed by atoms with Crippen LogP contribution in [0.15, 0.2) is 60.2 Å². The number of epoxide rings is 1. The third-order valence-corrected chi connectivity index (χ3v) is 30.7. The van der Waals surface area contributed by atoms with E-state index in [1.807, 2.05) is 26.0 Å². The first-order chi connectivity index (χ1) is 34.0. The Labute approximate surface area is 435 Å². The average molecular weight is 1060 g/mol. The fourth-order valence-electron chi connectivity index (χ4n) is 10.7. The summed E-state index contributed by atoms with van der Waals surface area (Å²) in [4.78, 5) is 51.0. The quantitative estimate of drug-likeness (QED) is 0.0122. The molecule has 0 aromatic heterocycles. The van der Waals surface area contributed by atoms with Crippen molar-refractivity contribution >= 4 is 48.7 Å². The van der Waals surface area contributed by atoms with Gasteiger partial charge in [0.2, 0.25) is 0 Å². The fourth-order valence-corrected chi connectivity index (χ4v) is 19.8. The predicted octanol–water partition coefficient (Wildman–Crippen LogP) is 14.5. The normalized spacial score (nSPS) is 25.8. The number of carboxylic acid groups (broad SMARTS) is 1. The third-order valence-electron chi connectivity index (χ3n) is 16.5. The summed E-state index contributed by atoms with van der Waals surface area (Å²) in [6.45, 7) is 32.1. The maximum atomic E-state index is 14.2. The molecule has 0 bridgehead atoms. The van der Waals surface area contributed by atoms with Crippen LogP contribution in [0.4, 0.5) is 10.5 Å².